The van der Waals surface area contributed by atoms with E-state index in [4.69, 9.17) is 14.2 Å². The first kappa shape index (κ1) is 14.1. The minimum atomic E-state index is -0.482. The first-order chi connectivity index (χ1) is 8.21. The number of ether oxygens (including phenoxy) is 3. The Morgan fingerprint density at radius 2 is 2.00 bits per heavy atom. The lowest BCUT2D eigenvalue weighted by Gasteiger charge is -2.13. The molecule has 0 saturated heterocycles. The molecule has 5 nitrogen and oxygen atoms in total. The van der Waals surface area contributed by atoms with E-state index in [-0.39, 0.29) is 5.97 Å². The van der Waals surface area contributed by atoms with E-state index in [1.54, 1.807) is 12.3 Å². The molecule has 1 aromatic rings. The number of thiazole rings is 1. The molecule has 17 heavy (non-hydrogen) atoms. The minimum Gasteiger partial charge on any atom is -0.407 e. The highest BCUT2D eigenvalue weighted by atomic mass is 32.1. The van der Waals surface area contributed by atoms with Crippen LogP contribution in [0.15, 0.2) is 5.38 Å². The van der Waals surface area contributed by atoms with Crippen molar-refractivity contribution >= 4 is 17.3 Å². The number of carbonyl (C=O) groups is 1. The lowest BCUT2D eigenvalue weighted by Crippen LogP contribution is -2.09. The molecule has 6 heteroatoms. The molecular formula is C11H17NO4S. The number of hydrogen-bond donors (Lipinski definition) is 0. The van der Waals surface area contributed by atoms with Gasteiger partial charge in [-0.25, -0.2) is 4.98 Å². The highest BCUT2D eigenvalue weighted by molar-refractivity contribution is 7.09. The van der Waals surface area contributed by atoms with Gasteiger partial charge in [-0.1, -0.05) is 6.92 Å². The third-order valence-electron chi connectivity index (χ3n) is 1.85. The quantitative estimate of drug-likeness (QED) is 0.556. The Morgan fingerprint density at radius 1 is 1.35 bits per heavy atom. The number of rotatable bonds is 7. The average molecular weight is 259 g/mol. The molecule has 0 aromatic carbocycles. The summed E-state index contributed by atoms with van der Waals surface area (Å²) in [5.41, 5.74) is 0. The fourth-order valence-corrected chi connectivity index (χ4v) is 1.82. The fourth-order valence-electron chi connectivity index (χ4n) is 1.11. The highest BCUT2D eigenvalue weighted by Gasteiger charge is 2.17. The van der Waals surface area contributed by atoms with E-state index >= 15 is 0 Å². The van der Waals surface area contributed by atoms with Crippen LogP contribution in [0.1, 0.15) is 38.5 Å². The molecule has 0 aliphatic rings. The maximum Gasteiger partial charge on any atom is 0.312 e. The van der Waals surface area contributed by atoms with Gasteiger partial charge in [-0.05, 0) is 13.8 Å². The van der Waals surface area contributed by atoms with Gasteiger partial charge in [0.05, 0.1) is 5.38 Å². The molecule has 1 aromatic heterocycles. The lowest BCUT2D eigenvalue weighted by atomic mass is 10.5. The zero-order chi connectivity index (χ0) is 12.7. The van der Waals surface area contributed by atoms with Crippen LogP contribution in [0.25, 0.3) is 0 Å². The van der Waals surface area contributed by atoms with Crippen LogP contribution < -0.4 is 4.74 Å². The summed E-state index contributed by atoms with van der Waals surface area (Å²) >= 11 is 1.35. The summed E-state index contributed by atoms with van der Waals surface area (Å²) in [6.07, 6.45) is -0.156. The predicted octanol–water partition coefficient (Wildman–Crippen LogP) is 2.53. The second-order valence-corrected chi connectivity index (χ2v) is 3.98. The number of esters is 1. The Morgan fingerprint density at radius 3 is 2.53 bits per heavy atom. The molecule has 96 valence electrons. The molecule has 0 fully saturated rings. The highest BCUT2D eigenvalue weighted by Crippen LogP contribution is 2.26. The van der Waals surface area contributed by atoms with E-state index in [2.05, 4.69) is 4.98 Å². The van der Waals surface area contributed by atoms with Gasteiger partial charge in [-0.15, -0.1) is 11.3 Å². The first-order valence-corrected chi connectivity index (χ1v) is 6.48. The molecule has 0 aliphatic carbocycles. The second kappa shape index (κ2) is 7.37. The van der Waals surface area contributed by atoms with Crippen molar-refractivity contribution in [3.05, 3.63) is 10.4 Å². The van der Waals surface area contributed by atoms with Gasteiger partial charge in [0.25, 0.3) is 0 Å². The molecule has 0 bridgehead atoms. The average Bonchev–Trinajstić information content (AvgIpc) is 2.77. The van der Waals surface area contributed by atoms with E-state index in [0.29, 0.717) is 30.5 Å². The van der Waals surface area contributed by atoms with Gasteiger partial charge in [0.1, 0.15) is 0 Å². The Labute approximate surface area is 105 Å². The van der Waals surface area contributed by atoms with Crippen molar-refractivity contribution in [1.82, 2.24) is 4.98 Å². The van der Waals surface area contributed by atoms with E-state index in [9.17, 15) is 4.79 Å². The Kier molecular flexibility index (Phi) is 6.10. The van der Waals surface area contributed by atoms with Gasteiger partial charge in [-0.2, -0.15) is 0 Å². The maximum absolute atomic E-state index is 11.1. The van der Waals surface area contributed by atoms with Gasteiger partial charge in [0.15, 0.2) is 5.01 Å². The van der Waals surface area contributed by atoms with Crippen LogP contribution in [0.4, 0.5) is 0 Å². The topological polar surface area (TPSA) is 57.6 Å². The number of carbonyl (C=O) groups excluding carboxylic acids is 1. The third kappa shape index (κ3) is 4.41. The normalized spacial score (nSPS) is 10.8. The van der Waals surface area contributed by atoms with Crippen LogP contribution in [0.5, 0.6) is 5.88 Å². The molecule has 0 radical (unpaired) electrons. The summed E-state index contributed by atoms with van der Waals surface area (Å²) in [7, 11) is 0. The van der Waals surface area contributed by atoms with Crippen LogP contribution in [-0.2, 0) is 14.3 Å². The molecule has 0 atom stereocenters. The van der Waals surface area contributed by atoms with Gasteiger partial charge in [0, 0.05) is 19.6 Å². The van der Waals surface area contributed by atoms with Crippen molar-refractivity contribution in [1.29, 1.82) is 0 Å². The molecule has 0 unspecified atom stereocenters. The van der Waals surface area contributed by atoms with Crippen molar-refractivity contribution in [2.45, 2.75) is 33.5 Å². The van der Waals surface area contributed by atoms with Gasteiger partial charge in [0.2, 0.25) is 12.2 Å². The monoisotopic (exact) mass is 259 g/mol. The largest absolute Gasteiger partial charge is 0.407 e. The van der Waals surface area contributed by atoms with E-state index in [0.717, 1.165) is 0 Å². The molecule has 0 amide bonds. The van der Waals surface area contributed by atoms with E-state index in [1.807, 2.05) is 13.8 Å². The molecule has 0 N–H and O–H groups in total. The SMILES string of the molecule is CCOC(OCC)c1nc(OC(=O)CC)cs1. The van der Waals surface area contributed by atoms with Gasteiger partial charge < -0.3 is 14.2 Å². The molecular weight excluding hydrogens is 242 g/mol. The fraction of sp³-hybridized carbons (Fsp3) is 0.636. The molecule has 0 saturated carbocycles. The lowest BCUT2D eigenvalue weighted by molar-refractivity contribution is -0.141. The minimum absolute atomic E-state index is 0.300. The van der Waals surface area contributed by atoms with E-state index < -0.39 is 6.29 Å². The van der Waals surface area contributed by atoms with E-state index in [1.165, 1.54) is 11.3 Å². The van der Waals surface area contributed by atoms with Gasteiger partial charge in [-0.3, -0.25) is 4.79 Å². The van der Waals surface area contributed by atoms with Crippen LogP contribution in [0.2, 0.25) is 0 Å². The molecule has 1 heterocycles. The van der Waals surface area contributed by atoms with Gasteiger partial charge >= 0.3 is 5.97 Å². The standard InChI is InChI=1S/C11H17NO4S/c1-4-9(13)16-8-7-17-10(12-8)11(14-5-2)15-6-3/h7,11H,4-6H2,1-3H3. The van der Waals surface area contributed by atoms with Crippen molar-refractivity contribution in [3.63, 3.8) is 0 Å². The Bertz CT molecular complexity index is 347. The molecule has 0 spiro atoms. The number of hydrogen-bond acceptors (Lipinski definition) is 6. The summed E-state index contributed by atoms with van der Waals surface area (Å²) in [5.74, 6) is 0.00692. The van der Waals surface area contributed by atoms with Crippen LogP contribution in [0.3, 0.4) is 0 Å². The van der Waals surface area contributed by atoms with Crippen molar-refractivity contribution < 1.29 is 19.0 Å². The van der Waals surface area contributed by atoms with Crippen molar-refractivity contribution in [2.24, 2.45) is 0 Å². The van der Waals surface area contributed by atoms with Crippen LogP contribution in [-0.4, -0.2) is 24.2 Å². The Hall–Kier alpha value is -0.980. The second-order valence-electron chi connectivity index (χ2n) is 3.09. The van der Waals surface area contributed by atoms with Crippen LogP contribution in [0, 0.1) is 0 Å². The molecule has 0 aliphatic heterocycles. The van der Waals surface area contributed by atoms with Crippen LogP contribution >= 0.6 is 11.3 Å². The summed E-state index contributed by atoms with van der Waals surface area (Å²) < 4.78 is 15.8. The summed E-state index contributed by atoms with van der Waals surface area (Å²) in [6, 6.07) is 0. The third-order valence-corrected chi connectivity index (χ3v) is 2.69. The smallest absolute Gasteiger partial charge is 0.312 e. The summed E-state index contributed by atoms with van der Waals surface area (Å²) in [4.78, 5) is 15.3. The summed E-state index contributed by atoms with van der Waals surface area (Å²) in [6.45, 7) is 6.58. The zero-order valence-corrected chi connectivity index (χ0v) is 11.1. The zero-order valence-electron chi connectivity index (χ0n) is 10.3. The first-order valence-electron chi connectivity index (χ1n) is 5.60. The predicted molar refractivity (Wildman–Crippen MR) is 64.0 cm³/mol. The maximum atomic E-state index is 11.1. The van der Waals surface area contributed by atoms with Crippen molar-refractivity contribution in [2.75, 3.05) is 13.2 Å². The molecule has 1 rings (SSSR count). The number of nitrogens with zero attached hydrogens (tertiary/aromatic N) is 1. The Balaban J connectivity index is 2.66. The number of aromatic nitrogens is 1. The van der Waals surface area contributed by atoms with Crippen molar-refractivity contribution in [3.8, 4) is 5.88 Å². The summed E-state index contributed by atoms with van der Waals surface area (Å²) in [5, 5.41) is 2.33.